The number of rotatable bonds is 5. The summed E-state index contributed by atoms with van der Waals surface area (Å²) in [5.74, 6) is -1.16. The van der Waals surface area contributed by atoms with E-state index in [4.69, 9.17) is 5.11 Å². The van der Waals surface area contributed by atoms with E-state index in [0.29, 0.717) is 26.1 Å². The van der Waals surface area contributed by atoms with Gasteiger partial charge in [0.2, 0.25) is 5.91 Å². The average Bonchev–Trinajstić information content (AvgIpc) is 2.85. The molecule has 2 N–H and O–H groups in total. The molecule has 0 bridgehead atoms. The monoisotopic (exact) mass is 312 g/mol. The number of carboxylic acids is 1. The zero-order valence-corrected chi connectivity index (χ0v) is 12.9. The summed E-state index contributed by atoms with van der Waals surface area (Å²) in [6.45, 7) is 3.94. The lowest BCUT2D eigenvalue weighted by molar-refractivity contribution is -0.141. The van der Waals surface area contributed by atoms with Crippen LogP contribution < -0.4 is 5.32 Å². The maximum Gasteiger partial charge on any atom is 0.307 e. The van der Waals surface area contributed by atoms with Crippen molar-refractivity contribution >= 4 is 24.3 Å². The SMILES string of the molecule is Cc1cccc(CNC(=O)CN2CCC(C(=O)O)C2)c1.Cl. The Kier molecular flexibility index (Phi) is 6.65. The molecule has 5 nitrogen and oxygen atoms in total. The predicted molar refractivity (Wildman–Crippen MR) is 82.5 cm³/mol. The smallest absolute Gasteiger partial charge is 0.307 e. The fraction of sp³-hybridized carbons (Fsp3) is 0.467. The largest absolute Gasteiger partial charge is 0.481 e. The molecular formula is C15H21ClN2O3. The lowest BCUT2D eigenvalue weighted by atomic mass is 10.1. The molecule has 1 atom stereocenters. The molecule has 1 amide bonds. The Morgan fingerprint density at radius 2 is 2.19 bits per heavy atom. The van der Waals surface area contributed by atoms with Crippen molar-refractivity contribution < 1.29 is 14.7 Å². The van der Waals surface area contributed by atoms with Crippen LogP contribution >= 0.6 is 12.4 Å². The number of hydrogen-bond acceptors (Lipinski definition) is 3. The first-order valence-corrected chi connectivity index (χ1v) is 6.82. The van der Waals surface area contributed by atoms with Gasteiger partial charge in [-0.2, -0.15) is 0 Å². The lowest BCUT2D eigenvalue weighted by Gasteiger charge is -2.14. The van der Waals surface area contributed by atoms with Crippen molar-refractivity contribution in [2.24, 2.45) is 5.92 Å². The highest BCUT2D eigenvalue weighted by Gasteiger charge is 2.28. The highest BCUT2D eigenvalue weighted by atomic mass is 35.5. The van der Waals surface area contributed by atoms with E-state index in [0.717, 1.165) is 5.56 Å². The summed E-state index contributed by atoms with van der Waals surface area (Å²) in [6.07, 6.45) is 0.625. The van der Waals surface area contributed by atoms with Crippen LogP contribution in [-0.4, -0.2) is 41.5 Å². The fourth-order valence-electron chi connectivity index (χ4n) is 2.46. The number of aryl methyl sites for hydroxylation is 1. The minimum atomic E-state index is -0.771. The number of carbonyl (C=O) groups excluding carboxylic acids is 1. The van der Waals surface area contributed by atoms with Crippen molar-refractivity contribution in [3.8, 4) is 0 Å². The standard InChI is InChI=1S/C15H20N2O3.ClH/c1-11-3-2-4-12(7-11)8-16-14(18)10-17-6-5-13(9-17)15(19)20;/h2-4,7,13H,5-6,8-10H2,1H3,(H,16,18)(H,19,20);1H. The molecule has 116 valence electrons. The molecular weight excluding hydrogens is 292 g/mol. The Morgan fingerprint density at radius 1 is 1.43 bits per heavy atom. The van der Waals surface area contributed by atoms with E-state index in [9.17, 15) is 9.59 Å². The second kappa shape index (κ2) is 8.00. The molecule has 1 heterocycles. The molecule has 0 aliphatic carbocycles. The molecule has 0 saturated carbocycles. The Morgan fingerprint density at radius 3 is 2.81 bits per heavy atom. The third-order valence-electron chi connectivity index (χ3n) is 3.56. The van der Waals surface area contributed by atoms with E-state index in [1.807, 2.05) is 36.1 Å². The summed E-state index contributed by atoms with van der Waals surface area (Å²) in [5.41, 5.74) is 2.24. The van der Waals surface area contributed by atoms with Crippen LogP contribution in [-0.2, 0) is 16.1 Å². The Hall–Kier alpha value is -1.59. The van der Waals surface area contributed by atoms with Gasteiger partial charge in [-0.1, -0.05) is 29.8 Å². The molecule has 1 aliphatic heterocycles. The Balaban J connectivity index is 0.00000220. The minimum absolute atomic E-state index is 0. The first kappa shape index (κ1) is 17.5. The summed E-state index contributed by atoms with van der Waals surface area (Å²) in [7, 11) is 0. The lowest BCUT2D eigenvalue weighted by Crippen LogP contribution is -2.36. The first-order valence-electron chi connectivity index (χ1n) is 6.82. The van der Waals surface area contributed by atoms with Gasteiger partial charge >= 0.3 is 5.97 Å². The number of benzene rings is 1. The number of likely N-dealkylation sites (tertiary alicyclic amines) is 1. The van der Waals surface area contributed by atoms with Crippen LogP contribution in [0.4, 0.5) is 0 Å². The van der Waals surface area contributed by atoms with E-state index in [1.54, 1.807) is 0 Å². The van der Waals surface area contributed by atoms with E-state index >= 15 is 0 Å². The molecule has 6 heteroatoms. The third kappa shape index (κ3) is 5.36. The molecule has 0 spiro atoms. The van der Waals surface area contributed by atoms with Crippen LogP contribution in [0.25, 0.3) is 0 Å². The summed E-state index contributed by atoms with van der Waals surface area (Å²) in [4.78, 5) is 24.6. The van der Waals surface area contributed by atoms with Crippen LogP contribution in [0.2, 0.25) is 0 Å². The number of carboxylic acid groups (broad SMARTS) is 1. The highest BCUT2D eigenvalue weighted by Crippen LogP contribution is 2.15. The Labute approximate surface area is 130 Å². The number of nitrogens with zero attached hydrogens (tertiary/aromatic N) is 1. The average molecular weight is 313 g/mol. The number of hydrogen-bond donors (Lipinski definition) is 2. The summed E-state index contributed by atoms with van der Waals surface area (Å²) in [6, 6.07) is 8.00. The van der Waals surface area contributed by atoms with Crippen LogP contribution in [0.5, 0.6) is 0 Å². The van der Waals surface area contributed by atoms with E-state index in [-0.39, 0.29) is 30.8 Å². The van der Waals surface area contributed by atoms with E-state index < -0.39 is 5.97 Å². The third-order valence-corrected chi connectivity index (χ3v) is 3.56. The fourth-order valence-corrected chi connectivity index (χ4v) is 2.46. The van der Waals surface area contributed by atoms with Crippen molar-refractivity contribution in [2.45, 2.75) is 19.9 Å². The number of aliphatic carboxylic acids is 1. The summed E-state index contributed by atoms with van der Waals surface area (Å²) >= 11 is 0. The molecule has 1 fully saturated rings. The molecule has 2 rings (SSSR count). The van der Waals surface area contributed by atoms with Gasteiger partial charge in [-0.25, -0.2) is 0 Å². The molecule has 1 unspecified atom stereocenters. The number of halogens is 1. The van der Waals surface area contributed by atoms with Gasteiger partial charge < -0.3 is 10.4 Å². The van der Waals surface area contributed by atoms with Crippen molar-refractivity contribution in [1.29, 1.82) is 0 Å². The summed E-state index contributed by atoms with van der Waals surface area (Å²) < 4.78 is 0. The van der Waals surface area contributed by atoms with Gasteiger partial charge in [0.05, 0.1) is 12.5 Å². The second-order valence-corrected chi connectivity index (χ2v) is 5.32. The van der Waals surface area contributed by atoms with Crippen LogP contribution in [0.1, 0.15) is 17.5 Å². The number of nitrogens with one attached hydrogen (secondary N) is 1. The van der Waals surface area contributed by atoms with Crippen LogP contribution in [0, 0.1) is 12.8 Å². The summed E-state index contributed by atoms with van der Waals surface area (Å²) in [5, 5.41) is 11.8. The zero-order valence-electron chi connectivity index (χ0n) is 12.0. The molecule has 1 saturated heterocycles. The van der Waals surface area contributed by atoms with Crippen LogP contribution in [0.3, 0.4) is 0 Å². The number of carbonyl (C=O) groups is 2. The minimum Gasteiger partial charge on any atom is -0.481 e. The quantitative estimate of drug-likeness (QED) is 0.863. The molecule has 1 aliphatic rings. The van der Waals surface area contributed by atoms with Gasteiger partial charge in [-0.05, 0) is 25.5 Å². The Bertz CT molecular complexity index is 507. The van der Waals surface area contributed by atoms with Crippen molar-refractivity contribution in [3.05, 3.63) is 35.4 Å². The van der Waals surface area contributed by atoms with E-state index in [1.165, 1.54) is 5.56 Å². The zero-order chi connectivity index (χ0) is 14.5. The van der Waals surface area contributed by atoms with Crippen molar-refractivity contribution in [2.75, 3.05) is 19.6 Å². The van der Waals surface area contributed by atoms with Gasteiger partial charge in [0.1, 0.15) is 0 Å². The predicted octanol–water partition coefficient (Wildman–Crippen LogP) is 1.44. The van der Waals surface area contributed by atoms with Gasteiger partial charge in [0.25, 0.3) is 0 Å². The van der Waals surface area contributed by atoms with Crippen molar-refractivity contribution in [1.82, 2.24) is 10.2 Å². The van der Waals surface area contributed by atoms with Gasteiger partial charge in [0, 0.05) is 13.1 Å². The normalized spacial score (nSPS) is 18.0. The van der Waals surface area contributed by atoms with Crippen molar-refractivity contribution in [3.63, 3.8) is 0 Å². The maximum atomic E-state index is 11.8. The maximum absolute atomic E-state index is 11.8. The molecule has 0 radical (unpaired) electrons. The molecule has 1 aromatic rings. The molecule has 21 heavy (non-hydrogen) atoms. The first-order chi connectivity index (χ1) is 9.54. The number of amides is 1. The highest BCUT2D eigenvalue weighted by molar-refractivity contribution is 5.85. The molecule has 1 aromatic carbocycles. The second-order valence-electron chi connectivity index (χ2n) is 5.32. The van der Waals surface area contributed by atoms with Crippen LogP contribution in [0.15, 0.2) is 24.3 Å². The van der Waals surface area contributed by atoms with E-state index in [2.05, 4.69) is 5.32 Å². The topological polar surface area (TPSA) is 69.6 Å². The molecule has 0 aromatic heterocycles. The van der Waals surface area contributed by atoms with Gasteiger partial charge in [-0.3, -0.25) is 14.5 Å². The van der Waals surface area contributed by atoms with Gasteiger partial charge in [-0.15, -0.1) is 12.4 Å². The van der Waals surface area contributed by atoms with Gasteiger partial charge in [0.15, 0.2) is 0 Å².